The molecule has 1 aliphatic carbocycles. The molecule has 0 aromatic carbocycles. The van der Waals surface area contributed by atoms with Crippen LogP contribution in [-0.2, 0) is 9.47 Å². The lowest BCUT2D eigenvalue weighted by Crippen LogP contribution is -2.34. The van der Waals surface area contributed by atoms with Gasteiger partial charge in [-0.1, -0.05) is 35.2 Å². The molecule has 2 nitrogen and oxygen atoms in total. The zero-order valence-electron chi connectivity index (χ0n) is 10.1. The van der Waals surface area contributed by atoms with E-state index in [1.807, 2.05) is 0 Å². The van der Waals surface area contributed by atoms with Gasteiger partial charge in [0.1, 0.15) is 0 Å². The summed E-state index contributed by atoms with van der Waals surface area (Å²) in [5, 5.41) is 0. The third-order valence-electron chi connectivity index (χ3n) is 3.07. The topological polar surface area (TPSA) is 18.5 Å². The second kappa shape index (κ2) is 6.21. The first-order valence-corrected chi connectivity index (χ1v) is 6.77. The van der Waals surface area contributed by atoms with Crippen LogP contribution in [0.1, 0.15) is 46.0 Å². The molecule has 2 atom stereocenters. The molecule has 90 valence electrons. The minimum atomic E-state index is -0.168. The van der Waals surface area contributed by atoms with E-state index in [9.17, 15) is 0 Å². The molecular formula is C12H23BrO2. The van der Waals surface area contributed by atoms with E-state index in [2.05, 4.69) is 29.8 Å². The average molecular weight is 279 g/mol. The predicted molar refractivity (Wildman–Crippen MR) is 66.6 cm³/mol. The van der Waals surface area contributed by atoms with Crippen LogP contribution in [0.4, 0.5) is 0 Å². The Kier molecular flexibility index (Phi) is 5.58. The van der Waals surface area contributed by atoms with Crippen molar-refractivity contribution in [1.82, 2.24) is 0 Å². The molecule has 0 aromatic heterocycles. The first kappa shape index (κ1) is 13.5. The van der Waals surface area contributed by atoms with Gasteiger partial charge in [-0.2, -0.15) is 0 Å². The number of alkyl halides is 1. The summed E-state index contributed by atoms with van der Waals surface area (Å²) in [6, 6.07) is 0. The van der Waals surface area contributed by atoms with E-state index in [4.69, 9.17) is 9.47 Å². The molecule has 15 heavy (non-hydrogen) atoms. The maximum atomic E-state index is 5.96. The van der Waals surface area contributed by atoms with Crippen LogP contribution in [0.25, 0.3) is 0 Å². The van der Waals surface area contributed by atoms with Gasteiger partial charge in [-0.15, -0.1) is 0 Å². The van der Waals surface area contributed by atoms with Crippen LogP contribution in [0.3, 0.4) is 0 Å². The van der Waals surface area contributed by atoms with Crippen molar-refractivity contribution >= 4 is 15.9 Å². The molecule has 1 rings (SSSR count). The van der Waals surface area contributed by atoms with Gasteiger partial charge in [0.05, 0.1) is 18.3 Å². The highest BCUT2D eigenvalue weighted by atomic mass is 79.9. The van der Waals surface area contributed by atoms with E-state index in [1.165, 1.54) is 32.1 Å². The molecule has 3 heteroatoms. The largest absolute Gasteiger partial charge is 0.376 e. The van der Waals surface area contributed by atoms with E-state index < -0.39 is 0 Å². The van der Waals surface area contributed by atoms with Gasteiger partial charge in [-0.3, -0.25) is 0 Å². The number of halogens is 1. The van der Waals surface area contributed by atoms with E-state index in [0.29, 0.717) is 17.5 Å². The molecule has 0 heterocycles. The molecule has 0 saturated heterocycles. The van der Waals surface area contributed by atoms with Crippen LogP contribution in [0, 0.1) is 0 Å². The van der Waals surface area contributed by atoms with Crippen molar-refractivity contribution < 1.29 is 9.47 Å². The Labute approximate surface area is 102 Å². The van der Waals surface area contributed by atoms with Gasteiger partial charge < -0.3 is 9.47 Å². The summed E-state index contributed by atoms with van der Waals surface area (Å²) in [6.07, 6.45) is 6.73. The highest BCUT2D eigenvalue weighted by Gasteiger charge is 2.25. The lowest BCUT2D eigenvalue weighted by molar-refractivity contribution is -0.0760. The Morgan fingerprint density at radius 2 is 1.87 bits per heavy atom. The minimum absolute atomic E-state index is 0.168. The third-order valence-corrected chi connectivity index (χ3v) is 4.12. The summed E-state index contributed by atoms with van der Waals surface area (Å²) in [6.45, 7) is 4.80. The smallest absolute Gasteiger partial charge is 0.0855 e. The van der Waals surface area contributed by atoms with Crippen LogP contribution in [0.5, 0.6) is 0 Å². The first-order chi connectivity index (χ1) is 7.05. The van der Waals surface area contributed by atoms with Crippen molar-refractivity contribution in [3.63, 3.8) is 0 Å². The zero-order chi connectivity index (χ0) is 11.3. The van der Waals surface area contributed by atoms with E-state index in [0.717, 1.165) is 0 Å². The molecule has 0 aliphatic heterocycles. The van der Waals surface area contributed by atoms with Crippen molar-refractivity contribution in [2.45, 2.75) is 62.5 Å². The van der Waals surface area contributed by atoms with Crippen LogP contribution in [0.2, 0.25) is 0 Å². The molecule has 1 saturated carbocycles. The Bertz CT molecular complexity index is 182. The van der Waals surface area contributed by atoms with Gasteiger partial charge in [0, 0.05) is 11.9 Å². The number of ether oxygens (including phenoxy) is 2. The standard InChI is InChI=1S/C12H23BrO2/c1-12(2,14-3)9-15-11-8-6-4-5-7-10(11)13/h10-11H,4-9H2,1-3H3. The third kappa shape index (κ3) is 4.83. The molecule has 0 bridgehead atoms. The van der Waals surface area contributed by atoms with Gasteiger partial charge in [0.2, 0.25) is 0 Å². The van der Waals surface area contributed by atoms with Crippen molar-refractivity contribution in [3.05, 3.63) is 0 Å². The van der Waals surface area contributed by atoms with Gasteiger partial charge in [-0.25, -0.2) is 0 Å². The molecule has 0 spiro atoms. The predicted octanol–water partition coefficient (Wildman–Crippen LogP) is 3.52. The number of hydrogen-bond acceptors (Lipinski definition) is 2. The van der Waals surface area contributed by atoms with Crippen molar-refractivity contribution in [3.8, 4) is 0 Å². The van der Waals surface area contributed by atoms with E-state index in [-0.39, 0.29) is 5.60 Å². The van der Waals surface area contributed by atoms with Crippen LogP contribution in [0.15, 0.2) is 0 Å². The first-order valence-electron chi connectivity index (χ1n) is 5.86. The SMILES string of the molecule is COC(C)(C)COC1CCCCCC1Br. The van der Waals surface area contributed by atoms with Gasteiger partial charge in [0.15, 0.2) is 0 Å². The highest BCUT2D eigenvalue weighted by molar-refractivity contribution is 9.09. The molecule has 1 aliphatic rings. The number of methoxy groups -OCH3 is 1. The summed E-state index contributed by atoms with van der Waals surface area (Å²) in [5.41, 5.74) is -0.168. The molecule has 0 radical (unpaired) electrons. The quantitative estimate of drug-likeness (QED) is 0.579. The number of rotatable bonds is 4. The fraction of sp³-hybridized carbons (Fsp3) is 1.00. The summed E-state index contributed by atoms with van der Waals surface area (Å²) in [4.78, 5) is 0.521. The summed E-state index contributed by atoms with van der Waals surface area (Å²) in [5.74, 6) is 0. The molecule has 0 N–H and O–H groups in total. The summed E-state index contributed by atoms with van der Waals surface area (Å²) in [7, 11) is 1.74. The minimum Gasteiger partial charge on any atom is -0.376 e. The van der Waals surface area contributed by atoms with E-state index >= 15 is 0 Å². The Hall–Kier alpha value is 0.400. The van der Waals surface area contributed by atoms with Crippen LogP contribution < -0.4 is 0 Å². The maximum absolute atomic E-state index is 5.96. The van der Waals surface area contributed by atoms with E-state index in [1.54, 1.807) is 7.11 Å². The molecule has 0 amide bonds. The summed E-state index contributed by atoms with van der Waals surface area (Å²) >= 11 is 3.73. The van der Waals surface area contributed by atoms with Gasteiger partial charge in [0.25, 0.3) is 0 Å². The lowest BCUT2D eigenvalue weighted by Gasteiger charge is -2.28. The molecule has 1 fully saturated rings. The lowest BCUT2D eigenvalue weighted by atomic mass is 10.1. The molecule has 2 unspecified atom stereocenters. The number of hydrogen-bond donors (Lipinski definition) is 0. The van der Waals surface area contributed by atoms with Gasteiger partial charge >= 0.3 is 0 Å². The second-order valence-corrected chi connectivity index (χ2v) is 6.14. The monoisotopic (exact) mass is 278 g/mol. The Morgan fingerprint density at radius 1 is 1.20 bits per heavy atom. The second-order valence-electron chi connectivity index (χ2n) is 4.97. The van der Waals surface area contributed by atoms with Crippen LogP contribution in [-0.4, -0.2) is 30.2 Å². The fourth-order valence-corrected chi connectivity index (χ4v) is 2.52. The maximum Gasteiger partial charge on any atom is 0.0855 e. The van der Waals surface area contributed by atoms with Crippen molar-refractivity contribution in [2.75, 3.05) is 13.7 Å². The Balaban J connectivity index is 2.35. The Morgan fingerprint density at radius 3 is 2.53 bits per heavy atom. The van der Waals surface area contributed by atoms with Crippen LogP contribution >= 0.6 is 15.9 Å². The summed E-state index contributed by atoms with van der Waals surface area (Å²) < 4.78 is 11.3. The normalized spacial score (nSPS) is 28.8. The molecular weight excluding hydrogens is 256 g/mol. The van der Waals surface area contributed by atoms with Crippen molar-refractivity contribution in [2.24, 2.45) is 0 Å². The zero-order valence-corrected chi connectivity index (χ0v) is 11.7. The highest BCUT2D eigenvalue weighted by Crippen LogP contribution is 2.26. The molecule has 0 aromatic rings. The fourth-order valence-electron chi connectivity index (χ4n) is 1.78. The average Bonchev–Trinajstić information content (AvgIpc) is 2.40. The van der Waals surface area contributed by atoms with Crippen molar-refractivity contribution in [1.29, 1.82) is 0 Å². The van der Waals surface area contributed by atoms with Gasteiger partial charge in [-0.05, 0) is 26.7 Å².